The SMILES string of the molecule is C=CC[C@@H](C(=O)OCC)[C@@]12CC(C)(C)C[C@@H]1CC1(C2)OCCO1. The Labute approximate surface area is 139 Å². The number of rotatable bonds is 5. The van der Waals surface area contributed by atoms with E-state index in [2.05, 4.69) is 20.4 Å². The Morgan fingerprint density at radius 1 is 1.30 bits per heavy atom. The molecule has 4 nitrogen and oxygen atoms in total. The van der Waals surface area contributed by atoms with Gasteiger partial charge in [-0.1, -0.05) is 19.9 Å². The van der Waals surface area contributed by atoms with Crippen LogP contribution >= 0.6 is 0 Å². The van der Waals surface area contributed by atoms with Crippen molar-refractivity contribution in [3.63, 3.8) is 0 Å². The number of hydrogen-bond donors (Lipinski definition) is 0. The average Bonchev–Trinajstić information content (AvgIpc) is 3.08. The van der Waals surface area contributed by atoms with Gasteiger partial charge in [0.05, 0.1) is 25.7 Å². The van der Waals surface area contributed by atoms with Crippen molar-refractivity contribution in [2.75, 3.05) is 19.8 Å². The van der Waals surface area contributed by atoms with Crippen molar-refractivity contribution in [1.29, 1.82) is 0 Å². The third kappa shape index (κ3) is 2.85. The smallest absolute Gasteiger partial charge is 0.309 e. The number of hydrogen-bond acceptors (Lipinski definition) is 4. The molecule has 0 amide bonds. The summed E-state index contributed by atoms with van der Waals surface area (Å²) in [6.45, 7) is 12.1. The van der Waals surface area contributed by atoms with Crippen LogP contribution in [0, 0.1) is 22.7 Å². The van der Waals surface area contributed by atoms with E-state index in [9.17, 15) is 4.79 Å². The van der Waals surface area contributed by atoms with Crippen LogP contribution in [0.15, 0.2) is 12.7 Å². The van der Waals surface area contributed by atoms with E-state index in [4.69, 9.17) is 14.2 Å². The fourth-order valence-corrected chi connectivity index (χ4v) is 5.63. The topological polar surface area (TPSA) is 44.8 Å². The van der Waals surface area contributed by atoms with Crippen LogP contribution in [0.3, 0.4) is 0 Å². The maximum Gasteiger partial charge on any atom is 0.309 e. The predicted octanol–water partition coefficient (Wildman–Crippen LogP) is 3.70. The van der Waals surface area contributed by atoms with E-state index in [1.807, 2.05) is 13.0 Å². The summed E-state index contributed by atoms with van der Waals surface area (Å²) in [5.41, 5.74) is 0.158. The van der Waals surface area contributed by atoms with E-state index in [1.165, 1.54) is 0 Å². The van der Waals surface area contributed by atoms with Crippen LogP contribution in [0.1, 0.15) is 52.9 Å². The normalized spacial score (nSPS) is 35.2. The Bertz CT molecular complexity index is 478. The number of fused-ring (bicyclic) bond motifs is 1. The van der Waals surface area contributed by atoms with Gasteiger partial charge in [-0.15, -0.1) is 6.58 Å². The van der Waals surface area contributed by atoms with Gasteiger partial charge in [0.25, 0.3) is 0 Å². The molecule has 2 aliphatic carbocycles. The first kappa shape index (κ1) is 17.0. The largest absolute Gasteiger partial charge is 0.466 e. The molecule has 3 aliphatic rings. The van der Waals surface area contributed by atoms with Crippen molar-refractivity contribution in [3.8, 4) is 0 Å². The molecule has 1 aliphatic heterocycles. The van der Waals surface area contributed by atoms with Crippen LogP contribution in [0.2, 0.25) is 0 Å². The van der Waals surface area contributed by atoms with Crippen molar-refractivity contribution in [2.24, 2.45) is 22.7 Å². The monoisotopic (exact) mass is 322 g/mol. The van der Waals surface area contributed by atoms with Gasteiger partial charge in [-0.3, -0.25) is 4.79 Å². The van der Waals surface area contributed by atoms with E-state index in [0.717, 1.165) is 25.7 Å². The zero-order valence-corrected chi connectivity index (χ0v) is 14.7. The second-order valence-corrected chi connectivity index (χ2v) is 8.29. The van der Waals surface area contributed by atoms with Crippen LogP contribution < -0.4 is 0 Å². The Kier molecular flexibility index (Phi) is 4.35. The van der Waals surface area contributed by atoms with Gasteiger partial charge < -0.3 is 14.2 Å². The quantitative estimate of drug-likeness (QED) is 0.572. The Morgan fingerprint density at radius 2 is 2.00 bits per heavy atom. The molecule has 3 atom stereocenters. The van der Waals surface area contributed by atoms with E-state index in [-0.39, 0.29) is 22.7 Å². The lowest BCUT2D eigenvalue weighted by molar-refractivity contribution is -0.168. The van der Waals surface area contributed by atoms with Crippen LogP contribution in [-0.4, -0.2) is 31.6 Å². The molecule has 0 aromatic rings. The van der Waals surface area contributed by atoms with Gasteiger partial charge >= 0.3 is 5.97 Å². The number of allylic oxidation sites excluding steroid dienone is 1. The van der Waals surface area contributed by atoms with E-state index in [1.54, 1.807) is 0 Å². The molecule has 0 unspecified atom stereocenters. The summed E-state index contributed by atoms with van der Waals surface area (Å²) in [4.78, 5) is 12.7. The maximum absolute atomic E-state index is 12.7. The molecule has 0 N–H and O–H groups in total. The molecule has 0 radical (unpaired) electrons. The van der Waals surface area contributed by atoms with Gasteiger partial charge in [0.15, 0.2) is 5.79 Å². The van der Waals surface area contributed by atoms with Gasteiger partial charge in [0.1, 0.15) is 0 Å². The molecular formula is C19H30O4. The Hall–Kier alpha value is -0.870. The van der Waals surface area contributed by atoms with Crippen molar-refractivity contribution >= 4 is 5.97 Å². The molecule has 23 heavy (non-hydrogen) atoms. The highest BCUT2D eigenvalue weighted by molar-refractivity contribution is 5.74. The molecule has 130 valence electrons. The van der Waals surface area contributed by atoms with Crippen molar-refractivity contribution in [3.05, 3.63) is 12.7 Å². The van der Waals surface area contributed by atoms with Gasteiger partial charge in [-0.05, 0) is 42.9 Å². The zero-order chi connectivity index (χ0) is 16.7. The first-order chi connectivity index (χ1) is 10.9. The van der Waals surface area contributed by atoms with Gasteiger partial charge in [0.2, 0.25) is 0 Å². The minimum Gasteiger partial charge on any atom is -0.466 e. The number of carbonyl (C=O) groups excluding carboxylic acids is 1. The molecule has 0 aromatic heterocycles. The second-order valence-electron chi connectivity index (χ2n) is 8.29. The summed E-state index contributed by atoms with van der Waals surface area (Å²) in [7, 11) is 0. The summed E-state index contributed by atoms with van der Waals surface area (Å²) in [6, 6.07) is 0. The highest BCUT2D eigenvalue weighted by Crippen LogP contribution is 2.68. The third-order valence-electron chi connectivity index (χ3n) is 6.06. The van der Waals surface area contributed by atoms with Crippen LogP contribution in [0.5, 0.6) is 0 Å². The molecule has 1 spiro atoms. The lowest BCUT2D eigenvalue weighted by atomic mass is 9.67. The summed E-state index contributed by atoms with van der Waals surface area (Å²) in [5.74, 6) is -0.235. The standard InChI is InChI=1S/C19H30O4/c1-5-7-15(16(20)21-6-2)18-12-17(3,4)10-14(18)11-19(13-18)22-8-9-23-19/h5,14-15H,1,6-13H2,2-4H3/t14-,15+,18-/m1/s1. The van der Waals surface area contributed by atoms with Gasteiger partial charge in [-0.2, -0.15) is 0 Å². The Morgan fingerprint density at radius 3 is 2.61 bits per heavy atom. The minimum atomic E-state index is -0.465. The molecule has 0 bridgehead atoms. The fraction of sp³-hybridized carbons (Fsp3) is 0.842. The van der Waals surface area contributed by atoms with Crippen LogP contribution in [0.4, 0.5) is 0 Å². The molecule has 1 saturated heterocycles. The number of ether oxygens (including phenoxy) is 3. The highest BCUT2D eigenvalue weighted by Gasteiger charge is 2.66. The van der Waals surface area contributed by atoms with Crippen LogP contribution in [0.25, 0.3) is 0 Å². The van der Waals surface area contributed by atoms with Crippen molar-refractivity contribution in [2.45, 2.75) is 58.7 Å². The van der Waals surface area contributed by atoms with E-state index >= 15 is 0 Å². The van der Waals surface area contributed by atoms with Gasteiger partial charge in [0, 0.05) is 12.8 Å². The maximum atomic E-state index is 12.7. The number of esters is 1. The molecule has 4 heteroatoms. The second kappa shape index (κ2) is 5.89. The summed E-state index contributed by atoms with van der Waals surface area (Å²) < 4.78 is 17.4. The fourth-order valence-electron chi connectivity index (χ4n) is 5.63. The van der Waals surface area contributed by atoms with Crippen molar-refractivity contribution < 1.29 is 19.0 Å². The summed E-state index contributed by atoms with van der Waals surface area (Å²) in [6.07, 6.45) is 6.39. The van der Waals surface area contributed by atoms with E-state index < -0.39 is 5.79 Å². The Balaban J connectivity index is 1.95. The summed E-state index contributed by atoms with van der Waals surface area (Å²) >= 11 is 0. The van der Waals surface area contributed by atoms with Crippen LogP contribution in [-0.2, 0) is 19.0 Å². The highest BCUT2D eigenvalue weighted by atomic mass is 16.7. The first-order valence-electron chi connectivity index (χ1n) is 8.92. The minimum absolute atomic E-state index is 0.0786. The average molecular weight is 322 g/mol. The lowest BCUT2D eigenvalue weighted by Crippen LogP contribution is -2.39. The molecule has 2 saturated carbocycles. The molecule has 0 aromatic carbocycles. The lowest BCUT2D eigenvalue weighted by Gasteiger charge is -2.38. The molecular weight excluding hydrogens is 292 g/mol. The molecule has 1 heterocycles. The van der Waals surface area contributed by atoms with E-state index in [0.29, 0.717) is 32.2 Å². The number of carbonyl (C=O) groups is 1. The molecule has 3 rings (SSSR count). The summed E-state index contributed by atoms with van der Waals surface area (Å²) in [5, 5.41) is 0. The zero-order valence-electron chi connectivity index (χ0n) is 14.7. The van der Waals surface area contributed by atoms with Gasteiger partial charge in [-0.25, -0.2) is 0 Å². The predicted molar refractivity (Wildman–Crippen MR) is 87.7 cm³/mol. The van der Waals surface area contributed by atoms with Crippen molar-refractivity contribution in [1.82, 2.24) is 0 Å². The molecule has 3 fully saturated rings. The first-order valence-corrected chi connectivity index (χ1v) is 8.92. The third-order valence-corrected chi connectivity index (χ3v) is 6.06.